The third-order valence-electron chi connectivity index (χ3n) is 3.36. The quantitative estimate of drug-likeness (QED) is 0.877. The van der Waals surface area contributed by atoms with E-state index >= 15 is 0 Å². The Morgan fingerprint density at radius 2 is 2.19 bits per heavy atom. The first-order valence-corrected chi connectivity index (χ1v) is 6.84. The van der Waals surface area contributed by atoms with Crippen LogP contribution in [0.1, 0.15) is 18.4 Å². The predicted molar refractivity (Wildman–Crippen MR) is 72.4 cm³/mol. The van der Waals surface area contributed by atoms with Crippen LogP contribution in [0.2, 0.25) is 0 Å². The number of halogens is 3. The van der Waals surface area contributed by atoms with E-state index in [9.17, 15) is 13.2 Å². The van der Waals surface area contributed by atoms with Gasteiger partial charge in [-0.25, -0.2) is 0 Å². The molecule has 0 bridgehead atoms. The second-order valence-electron chi connectivity index (χ2n) is 4.95. The average Bonchev–Trinajstić information content (AvgIpc) is 2.45. The van der Waals surface area contributed by atoms with Crippen LogP contribution in [0.5, 0.6) is 11.5 Å². The molecule has 0 saturated carbocycles. The van der Waals surface area contributed by atoms with E-state index in [0.717, 1.165) is 25.9 Å². The summed E-state index contributed by atoms with van der Waals surface area (Å²) in [5.41, 5.74) is 0.643. The standard InChI is InChI=1S/C14H19F3N2O2/c1-20-13-5-4-12(21-14(15,16)17)7-10(13)8-19-11-3-2-6-18-9-11/h4-5,7,11,18-19H,2-3,6,8-9H2,1H3/t11-/m0/s1. The van der Waals surface area contributed by atoms with E-state index in [-0.39, 0.29) is 5.75 Å². The summed E-state index contributed by atoms with van der Waals surface area (Å²) in [7, 11) is 1.49. The van der Waals surface area contributed by atoms with Gasteiger partial charge in [-0.1, -0.05) is 0 Å². The maximum atomic E-state index is 12.3. The number of ether oxygens (including phenoxy) is 2. The minimum absolute atomic E-state index is 0.234. The molecule has 1 atom stereocenters. The Kier molecular flexibility index (Phi) is 5.30. The van der Waals surface area contributed by atoms with Gasteiger partial charge in [-0.2, -0.15) is 0 Å². The van der Waals surface area contributed by atoms with Crippen molar-refractivity contribution in [2.24, 2.45) is 0 Å². The summed E-state index contributed by atoms with van der Waals surface area (Å²) >= 11 is 0. The molecule has 7 heteroatoms. The van der Waals surface area contributed by atoms with Gasteiger partial charge in [-0.05, 0) is 37.6 Å². The largest absolute Gasteiger partial charge is 0.573 e. The Hall–Kier alpha value is -1.47. The molecule has 0 aromatic heterocycles. The molecule has 1 saturated heterocycles. The molecule has 1 fully saturated rings. The Morgan fingerprint density at radius 1 is 1.38 bits per heavy atom. The summed E-state index contributed by atoms with van der Waals surface area (Å²) in [4.78, 5) is 0. The number of methoxy groups -OCH3 is 1. The van der Waals surface area contributed by atoms with Gasteiger partial charge in [-0.3, -0.25) is 0 Å². The van der Waals surface area contributed by atoms with Crippen LogP contribution in [-0.4, -0.2) is 32.6 Å². The molecule has 2 rings (SSSR count). The first-order chi connectivity index (χ1) is 9.98. The number of alkyl halides is 3. The monoisotopic (exact) mass is 304 g/mol. The van der Waals surface area contributed by atoms with Crippen molar-refractivity contribution in [2.45, 2.75) is 31.8 Å². The van der Waals surface area contributed by atoms with Gasteiger partial charge in [0.15, 0.2) is 0 Å². The first-order valence-electron chi connectivity index (χ1n) is 6.84. The van der Waals surface area contributed by atoms with Crippen molar-refractivity contribution in [3.63, 3.8) is 0 Å². The third kappa shape index (κ3) is 5.09. The van der Waals surface area contributed by atoms with E-state index in [2.05, 4.69) is 15.4 Å². The maximum Gasteiger partial charge on any atom is 0.573 e. The molecule has 1 heterocycles. The Morgan fingerprint density at radius 3 is 2.81 bits per heavy atom. The number of benzene rings is 1. The fraction of sp³-hybridized carbons (Fsp3) is 0.571. The Labute approximate surface area is 121 Å². The lowest BCUT2D eigenvalue weighted by atomic mass is 10.1. The number of hydrogen-bond acceptors (Lipinski definition) is 4. The molecule has 0 radical (unpaired) electrons. The summed E-state index contributed by atoms with van der Waals surface area (Å²) in [5, 5.41) is 6.60. The highest BCUT2D eigenvalue weighted by atomic mass is 19.4. The van der Waals surface area contributed by atoms with Crippen molar-refractivity contribution in [1.29, 1.82) is 0 Å². The molecular weight excluding hydrogens is 285 g/mol. The van der Waals surface area contributed by atoms with Crippen LogP contribution in [-0.2, 0) is 6.54 Å². The third-order valence-corrected chi connectivity index (χ3v) is 3.36. The first kappa shape index (κ1) is 15.9. The molecule has 0 spiro atoms. The van der Waals surface area contributed by atoms with Gasteiger partial charge in [-0.15, -0.1) is 13.2 Å². The smallest absolute Gasteiger partial charge is 0.496 e. The molecule has 1 aromatic rings. The van der Waals surface area contributed by atoms with Gasteiger partial charge in [0.1, 0.15) is 11.5 Å². The van der Waals surface area contributed by atoms with E-state index < -0.39 is 6.36 Å². The van der Waals surface area contributed by atoms with Gasteiger partial charge in [0.25, 0.3) is 0 Å². The van der Waals surface area contributed by atoms with Crippen molar-refractivity contribution in [2.75, 3.05) is 20.2 Å². The van der Waals surface area contributed by atoms with Crippen LogP contribution >= 0.6 is 0 Å². The van der Waals surface area contributed by atoms with Crippen molar-refractivity contribution in [1.82, 2.24) is 10.6 Å². The molecule has 21 heavy (non-hydrogen) atoms. The lowest BCUT2D eigenvalue weighted by Gasteiger charge is -2.24. The average molecular weight is 304 g/mol. The predicted octanol–water partition coefficient (Wildman–Crippen LogP) is 2.44. The number of piperidine rings is 1. The van der Waals surface area contributed by atoms with Crippen LogP contribution in [0, 0.1) is 0 Å². The highest BCUT2D eigenvalue weighted by Crippen LogP contribution is 2.28. The minimum atomic E-state index is -4.69. The van der Waals surface area contributed by atoms with Gasteiger partial charge in [0.05, 0.1) is 7.11 Å². The van der Waals surface area contributed by atoms with E-state index in [1.165, 1.54) is 25.3 Å². The summed E-state index contributed by atoms with van der Waals surface area (Å²) in [6.07, 6.45) is -2.55. The topological polar surface area (TPSA) is 42.5 Å². The number of rotatable bonds is 5. The van der Waals surface area contributed by atoms with Gasteiger partial charge >= 0.3 is 6.36 Å². The molecule has 1 aromatic carbocycles. The second-order valence-corrected chi connectivity index (χ2v) is 4.95. The highest BCUT2D eigenvalue weighted by Gasteiger charge is 2.31. The zero-order valence-corrected chi connectivity index (χ0v) is 11.8. The molecular formula is C14H19F3N2O2. The fourth-order valence-corrected chi connectivity index (χ4v) is 2.37. The summed E-state index contributed by atoms with van der Waals surface area (Å²) in [6.45, 7) is 2.31. The van der Waals surface area contributed by atoms with Crippen molar-refractivity contribution < 1.29 is 22.6 Å². The molecule has 118 valence electrons. The molecule has 1 aliphatic heterocycles. The second kappa shape index (κ2) is 7.00. The van der Waals surface area contributed by atoms with Crippen molar-refractivity contribution in [3.8, 4) is 11.5 Å². The van der Waals surface area contributed by atoms with E-state index in [1.807, 2.05) is 0 Å². The maximum absolute atomic E-state index is 12.3. The summed E-state index contributed by atoms with van der Waals surface area (Å²) in [6, 6.07) is 4.40. The van der Waals surface area contributed by atoms with E-state index in [4.69, 9.17) is 4.74 Å². The van der Waals surface area contributed by atoms with E-state index in [1.54, 1.807) is 0 Å². The number of hydrogen-bond donors (Lipinski definition) is 2. The van der Waals surface area contributed by atoms with Crippen molar-refractivity contribution in [3.05, 3.63) is 23.8 Å². The normalized spacial score (nSPS) is 19.3. The lowest BCUT2D eigenvalue weighted by Crippen LogP contribution is -2.42. The van der Waals surface area contributed by atoms with E-state index in [0.29, 0.717) is 23.9 Å². The lowest BCUT2D eigenvalue weighted by molar-refractivity contribution is -0.274. The Balaban J connectivity index is 2.02. The molecule has 0 amide bonds. The zero-order chi connectivity index (χ0) is 15.3. The van der Waals surface area contributed by atoms with Crippen LogP contribution in [0.3, 0.4) is 0 Å². The fourth-order valence-electron chi connectivity index (χ4n) is 2.37. The SMILES string of the molecule is COc1ccc(OC(F)(F)F)cc1CN[C@H]1CCCNC1. The molecule has 1 aliphatic rings. The summed E-state index contributed by atoms with van der Waals surface area (Å²) in [5.74, 6) is 0.308. The van der Waals surface area contributed by atoms with Crippen LogP contribution < -0.4 is 20.1 Å². The van der Waals surface area contributed by atoms with Gasteiger partial charge in [0.2, 0.25) is 0 Å². The van der Waals surface area contributed by atoms with Crippen molar-refractivity contribution >= 4 is 0 Å². The molecule has 2 N–H and O–H groups in total. The number of nitrogens with one attached hydrogen (secondary N) is 2. The van der Waals surface area contributed by atoms with Crippen LogP contribution in [0.15, 0.2) is 18.2 Å². The minimum Gasteiger partial charge on any atom is -0.496 e. The summed E-state index contributed by atoms with van der Waals surface area (Å²) < 4.78 is 45.9. The molecule has 0 aliphatic carbocycles. The molecule has 0 unspecified atom stereocenters. The Bertz CT molecular complexity index is 460. The van der Waals surface area contributed by atoms with Crippen LogP contribution in [0.4, 0.5) is 13.2 Å². The van der Waals surface area contributed by atoms with Gasteiger partial charge < -0.3 is 20.1 Å². The van der Waals surface area contributed by atoms with Crippen LogP contribution in [0.25, 0.3) is 0 Å². The highest BCUT2D eigenvalue weighted by molar-refractivity contribution is 5.40. The zero-order valence-electron chi connectivity index (χ0n) is 11.8. The molecule has 4 nitrogen and oxygen atoms in total. The van der Waals surface area contributed by atoms with Gasteiger partial charge in [0, 0.05) is 24.7 Å².